The maximum Gasteiger partial charge on any atom is 0.326 e. The maximum absolute atomic E-state index is 11.8. The second kappa shape index (κ2) is 19.9. The van der Waals surface area contributed by atoms with Crippen molar-refractivity contribution in [2.45, 2.75) is 83.1 Å². The molecule has 7 nitrogen and oxygen atoms in total. The number of primary amides is 1. The topological polar surface area (TPSA) is 130 Å². The zero-order valence-electron chi connectivity index (χ0n) is 17.9. The van der Waals surface area contributed by atoms with Gasteiger partial charge in [-0.05, 0) is 44.9 Å². The van der Waals surface area contributed by atoms with E-state index in [1.807, 2.05) is 6.08 Å². The van der Waals surface area contributed by atoms with Crippen molar-refractivity contribution in [1.29, 1.82) is 0 Å². The summed E-state index contributed by atoms with van der Waals surface area (Å²) in [6.45, 7) is 0.200. The molecule has 7 heteroatoms. The van der Waals surface area contributed by atoms with Crippen LogP contribution in [0.5, 0.6) is 0 Å². The lowest BCUT2D eigenvalue weighted by molar-refractivity contribution is -0.142. The van der Waals surface area contributed by atoms with Gasteiger partial charge in [-0.3, -0.25) is 9.59 Å². The van der Waals surface area contributed by atoms with Crippen LogP contribution in [-0.4, -0.2) is 40.6 Å². The molecule has 5 N–H and O–H groups in total. The molecule has 30 heavy (non-hydrogen) atoms. The number of hydrogen-bond donors (Lipinski definition) is 4. The van der Waals surface area contributed by atoms with Gasteiger partial charge >= 0.3 is 5.97 Å². The van der Waals surface area contributed by atoms with Gasteiger partial charge in [0.2, 0.25) is 11.8 Å². The third-order valence-electron chi connectivity index (χ3n) is 4.43. The number of carboxylic acid groups (broad SMARTS) is 1. The molecule has 0 aliphatic carbocycles. The van der Waals surface area contributed by atoms with E-state index >= 15 is 0 Å². The van der Waals surface area contributed by atoms with Crippen molar-refractivity contribution in [3.8, 4) is 0 Å². The molecule has 0 aromatic heterocycles. The van der Waals surface area contributed by atoms with Crippen LogP contribution >= 0.6 is 0 Å². The minimum atomic E-state index is -1.15. The first kappa shape index (κ1) is 27.6. The van der Waals surface area contributed by atoms with Crippen LogP contribution in [0, 0.1) is 0 Å². The van der Waals surface area contributed by atoms with Gasteiger partial charge in [0.05, 0.1) is 0 Å². The number of nitrogens with two attached hydrogens (primary N) is 1. The van der Waals surface area contributed by atoms with Crippen molar-refractivity contribution in [3.63, 3.8) is 0 Å². The van der Waals surface area contributed by atoms with Crippen LogP contribution in [0.25, 0.3) is 0 Å². The predicted molar refractivity (Wildman–Crippen MR) is 119 cm³/mol. The normalized spacial score (nSPS) is 12.7. The number of amides is 2. The molecule has 0 saturated heterocycles. The Morgan fingerprint density at radius 2 is 1.37 bits per heavy atom. The van der Waals surface area contributed by atoms with E-state index in [9.17, 15) is 14.4 Å². The third-order valence-corrected chi connectivity index (χ3v) is 4.43. The average molecular weight is 423 g/mol. The molecule has 0 aromatic rings. The minimum Gasteiger partial charge on any atom is -0.480 e. The summed E-state index contributed by atoms with van der Waals surface area (Å²) in [5, 5.41) is 20.2. The lowest BCUT2D eigenvalue weighted by atomic mass is 10.1. The number of rotatable bonds is 19. The Hall–Kier alpha value is -2.41. The fraction of sp³-hybridized carbons (Fsp3) is 0.609. The number of carboxylic acids is 1. The Labute approximate surface area is 180 Å². The number of aliphatic hydroxyl groups excluding tert-OH is 1. The molecule has 0 spiro atoms. The number of hydrogen-bond acceptors (Lipinski definition) is 4. The fourth-order valence-electron chi connectivity index (χ4n) is 2.74. The Bertz CT molecular complexity index is 570. The Morgan fingerprint density at radius 3 is 1.97 bits per heavy atom. The van der Waals surface area contributed by atoms with E-state index in [2.05, 4.69) is 35.7 Å². The van der Waals surface area contributed by atoms with E-state index in [-0.39, 0.29) is 25.4 Å². The van der Waals surface area contributed by atoms with Gasteiger partial charge in [0.25, 0.3) is 0 Å². The van der Waals surface area contributed by atoms with Crippen molar-refractivity contribution in [1.82, 2.24) is 5.32 Å². The monoisotopic (exact) mass is 422 g/mol. The number of allylic oxidation sites excluding steroid dienone is 5. The number of carbonyl (C=O) groups excluding carboxylic acids is 2. The Balaban J connectivity index is 3.63. The van der Waals surface area contributed by atoms with E-state index in [0.29, 0.717) is 12.8 Å². The van der Waals surface area contributed by atoms with Gasteiger partial charge < -0.3 is 21.3 Å². The largest absolute Gasteiger partial charge is 0.480 e. The summed E-state index contributed by atoms with van der Waals surface area (Å²) >= 11 is 0. The molecule has 0 aliphatic heterocycles. The zero-order valence-corrected chi connectivity index (χ0v) is 17.9. The second-order valence-corrected chi connectivity index (χ2v) is 7.17. The average Bonchev–Trinajstić information content (AvgIpc) is 2.70. The Morgan fingerprint density at radius 1 is 0.800 bits per heavy atom. The molecule has 0 saturated carbocycles. The molecule has 0 aliphatic rings. The highest BCUT2D eigenvalue weighted by molar-refractivity contribution is 5.84. The number of aliphatic carboxylic acids is 1. The zero-order chi connectivity index (χ0) is 22.5. The number of unbranched alkanes of at least 4 members (excludes halogenated alkanes) is 5. The first-order valence-electron chi connectivity index (χ1n) is 10.8. The van der Waals surface area contributed by atoms with Crippen LogP contribution < -0.4 is 11.1 Å². The summed E-state index contributed by atoms with van der Waals surface area (Å²) in [5.41, 5.74) is 5.01. The summed E-state index contributed by atoms with van der Waals surface area (Å²) in [6, 6.07) is -1.06. The summed E-state index contributed by atoms with van der Waals surface area (Å²) < 4.78 is 0. The van der Waals surface area contributed by atoms with E-state index in [4.69, 9.17) is 15.9 Å². The van der Waals surface area contributed by atoms with Gasteiger partial charge in [-0.2, -0.15) is 0 Å². The van der Waals surface area contributed by atoms with E-state index in [1.54, 1.807) is 0 Å². The van der Waals surface area contributed by atoms with Crippen molar-refractivity contribution in [2.75, 3.05) is 6.61 Å². The highest BCUT2D eigenvalue weighted by Gasteiger charge is 2.20. The molecule has 0 rings (SSSR count). The van der Waals surface area contributed by atoms with Crippen LogP contribution in [0.4, 0.5) is 0 Å². The van der Waals surface area contributed by atoms with Crippen LogP contribution in [0.2, 0.25) is 0 Å². The van der Waals surface area contributed by atoms with Crippen LogP contribution in [-0.2, 0) is 14.4 Å². The van der Waals surface area contributed by atoms with Gasteiger partial charge in [0, 0.05) is 19.4 Å². The molecule has 2 amide bonds. The van der Waals surface area contributed by atoms with Gasteiger partial charge in [-0.25, -0.2) is 4.79 Å². The van der Waals surface area contributed by atoms with Crippen LogP contribution in [0.1, 0.15) is 77.0 Å². The molecular weight excluding hydrogens is 384 g/mol. The lowest BCUT2D eigenvalue weighted by Crippen LogP contribution is -2.41. The molecular formula is C23H38N2O5. The molecule has 0 bridgehead atoms. The van der Waals surface area contributed by atoms with Gasteiger partial charge in [0.15, 0.2) is 0 Å². The predicted octanol–water partition coefficient (Wildman–Crippen LogP) is 3.38. The van der Waals surface area contributed by atoms with Crippen molar-refractivity contribution in [3.05, 3.63) is 36.5 Å². The van der Waals surface area contributed by atoms with Crippen molar-refractivity contribution >= 4 is 17.8 Å². The number of nitrogens with one attached hydrogen (secondary N) is 1. The van der Waals surface area contributed by atoms with Crippen molar-refractivity contribution in [2.24, 2.45) is 5.73 Å². The van der Waals surface area contributed by atoms with Gasteiger partial charge in [0.1, 0.15) is 6.04 Å². The van der Waals surface area contributed by atoms with Crippen LogP contribution in [0.3, 0.4) is 0 Å². The lowest BCUT2D eigenvalue weighted by Gasteiger charge is -2.13. The molecule has 0 aromatic carbocycles. The molecule has 170 valence electrons. The summed E-state index contributed by atoms with van der Waals surface area (Å²) in [6.07, 6.45) is 21.4. The number of aliphatic hydroxyl groups is 1. The van der Waals surface area contributed by atoms with Crippen molar-refractivity contribution < 1.29 is 24.6 Å². The molecule has 0 fully saturated rings. The third kappa shape index (κ3) is 18.9. The first-order valence-corrected chi connectivity index (χ1v) is 10.8. The maximum atomic E-state index is 11.8. The van der Waals surface area contributed by atoms with Gasteiger partial charge in [-0.15, -0.1) is 0 Å². The van der Waals surface area contributed by atoms with Gasteiger partial charge in [-0.1, -0.05) is 55.7 Å². The van der Waals surface area contributed by atoms with E-state index in [0.717, 1.165) is 51.4 Å². The highest BCUT2D eigenvalue weighted by Crippen LogP contribution is 2.08. The highest BCUT2D eigenvalue weighted by atomic mass is 16.4. The summed E-state index contributed by atoms with van der Waals surface area (Å²) in [5.74, 6) is -2.03. The number of carbonyl (C=O) groups is 3. The molecule has 0 heterocycles. The SMILES string of the molecule is NC(=O)CC[C@H](NC(=O)CCCCCCC/C=C/C/C=C/C/C=C/CCO)C(=O)O. The second-order valence-electron chi connectivity index (χ2n) is 7.17. The first-order chi connectivity index (χ1) is 14.5. The minimum absolute atomic E-state index is 0.0153. The summed E-state index contributed by atoms with van der Waals surface area (Å²) in [4.78, 5) is 33.7. The molecule has 1 atom stereocenters. The quantitative estimate of drug-likeness (QED) is 0.187. The molecule has 0 radical (unpaired) electrons. The molecule has 0 unspecified atom stereocenters. The Kier molecular flexibility index (Phi) is 18.3. The van der Waals surface area contributed by atoms with Crippen LogP contribution in [0.15, 0.2) is 36.5 Å². The van der Waals surface area contributed by atoms with E-state index in [1.165, 1.54) is 0 Å². The summed E-state index contributed by atoms with van der Waals surface area (Å²) in [7, 11) is 0. The standard InChI is InChI=1S/C23H38N2O5/c24-21(27)18-17-20(23(29)30)25-22(28)16-14-12-10-8-6-4-2-1-3-5-7-9-11-13-15-19-26/h1-2,5,7,11,13,20,26H,3-4,6,8-10,12,14-19H2,(H2,24,27)(H,25,28)(H,29,30)/b2-1+,7-5+,13-11+/t20-/m0/s1. The van der Waals surface area contributed by atoms with E-state index < -0.39 is 17.9 Å². The fourth-order valence-corrected chi connectivity index (χ4v) is 2.74. The smallest absolute Gasteiger partial charge is 0.326 e.